The van der Waals surface area contributed by atoms with Gasteiger partial charge in [-0.1, -0.05) is 15.9 Å². The molecule has 3 aliphatic rings. The number of carbonyl (C=O) groups is 1. The Bertz CT molecular complexity index is 167. The van der Waals surface area contributed by atoms with Crippen molar-refractivity contribution in [1.82, 2.24) is 0 Å². The molecule has 3 atom stereocenters. The first kappa shape index (κ1) is 6.84. The lowest BCUT2D eigenvalue weighted by Crippen LogP contribution is -2.38. The molecule has 0 N–H and O–H groups in total. The Morgan fingerprint density at radius 2 is 2.20 bits per heavy atom. The summed E-state index contributed by atoms with van der Waals surface area (Å²) in [6, 6.07) is 0. The van der Waals surface area contributed by atoms with Gasteiger partial charge in [-0.25, -0.2) is 0 Å². The summed E-state index contributed by atoms with van der Waals surface area (Å²) < 4.78 is 0. The minimum absolute atomic E-state index is 0.411. The lowest BCUT2D eigenvalue weighted by molar-refractivity contribution is -0.128. The molecule has 3 rings (SSSR count). The molecule has 3 aliphatic carbocycles. The zero-order chi connectivity index (χ0) is 7.14. The van der Waals surface area contributed by atoms with Gasteiger partial charge in [0.25, 0.3) is 0 Å². The van der Waals surface area contributed by atoms with Crippen LogP contribution in [0.25, 0.3) is 0 Å². The number of halogens is 1. The van der Waals surface area contributed by atoms with Gasteiger partial charge in [-0.2, -0.15) is 0 Å². The molecule has 2 bridgehead atoms. The van der Waals surface area contributed by atoms with Crippen molar-refractivity contribution in [2.75, 3.05) is 0 Å². The lowest BCUT2D eigenvalue weighted by atomic mass is 9.70. The number of fused-ring (bicyclic) bond motifs is 3. The molecule has 0 spiro atoms. The summed E-state index contributed by atoms with van der Waals surface area (Å²) in [4.78, 5) is 11.8. The summed E-state index contributed by atoms with van der Waals surface area (Å²) in [5.41, 5.74) is 0. The van der Waals surface area contributed by atoms with Crippen LogP contribution in [0, 0.1) is 11.8 Å². The third-order valence-electron chi connectivity index (χ3n) is 2.83. The average Bonchev–Trinajstić information content (AvgIpc) is 1.91. The SMILES string of the molecule is O=C1C[C@H]2CC[C@H]1C[C@H]2Br. The van der Waals surface area contributed by atoms with E-state index in [0.29, 0.717) is 22.4 Å². The number of ketones is 1. The number of hydrogen-bond donors (Lipinski definition) is 0. The summed E-state index contributed by atoms with van der Waals surface area (Å²) in [6.07, 6.45) is 4.38. The van der Waals surface area contributed by atoms with Crippen LogP contribution in [0.15, 0.2) is 0 Å². The van der Waals surface area contributed by atoms with Crippen molar-refractivity contribution >= 4 is 21.7 Å². The molecule has 0 saturated heterocycles. The van der Waals surface area contributed by atoms with Gasteiger partial charge in [0.05, 0.1) is 0 Å². The quantitative estimate of drug-likeness (QED) is 0.551. The fourth-order valence-corrected chi connectivity index (χ4v) is 3.03. The van der Waals surface area contributed by atoms with E-state index in [1.165, 1.54) is 6.42 Å². The molecule has 0 unspecified atom stereocenters. The predicted molar refractivity (Wildman–Crippen MR) is 43.2 cm³/mol. The van der Waals surface area contributed by atoms with E-state index in [0.717, 1.165) is 19.3 Å². The van der Waals surface area contributed by atoms with Crippen LogP contribution in [-0.2, 0) is 4.79 Å². The predicted octanol–water partition coefficient (Wildman–Crippen LogP) is 2.14. The van der Waals surface area contributed by atoms with Crippen molar-refractivity contribution in [2.24, 2.45) is 11.8 Å². The van der Waals surface area contributed by atoms with E-state index in [1.54, 1.807) is 0 Å². The summed E-state index contributed by atoms with van der Waals surface area (Å²) in [6.45, 7) is 0. The molecule has 0 amide bonds. The van der Waals surface area contributed by atoms with Gasteiger partial charge in [-0.3, -0.25) is 4.79 Å². The van der Waals surface area contributed by atoms with Gasteiger partial charge < -0.3 is 0 Å². The van der Waals surface area contributed by atoms with E-state index in [9.17, 15) is 4.79 Å². The molecular formula is C8H11BrO. The fraction of sp³-hybridized carbons (Fsp3) is 0.875. The first-order valence-electron chi connectivity index (χ1n) is 3.94. The maximum absolute atomic E-state index is 11.2. The topological polar surface area (TPSA) is 17.1 Å². The normalized spacial score (nSPS) is 46.1. The number of hydrogen-bond acceptors (Lipinski definition) is 1. The van der Waals surface area contributed by atoms with Crippen LogP contribution in [0.1, 0.15) is 25.7 Å². The van der Waals surface area contributed by atoms with E-state index in [4.69, 9.17) is 0 Å². The summed E-state index contributed by atoms with van der Waals surface area (Å²) >= 11 is 3.62. The van der Waals surface area contributed by atoms with Gasteiger partial charge in [0.1, 0.15) is 5.78 Å². The molecule has 3 saturated carbocycles. The van der Waals surface area contributed by atoms with Crippen LogP contribution < -0.4 is 0 Å². The van der Waals surface area contributed by atoms with Gasteiger partial charge in [0.2, 0.25) is 0 Å². The highest BCUT2D eigenvalue weighted by molar-refractivity contribution is 9.09. The molecule has 0 radical (unpaired) electrons. The largest absolute Gasteiger partial charge is 0.299 e. The fourth-order valence-electron chi connectivity index (χ4n) is 2.13. The third kappa shape index (κ3) is 0.931. The Balaban J connectivity index is 2.16. The molecule has 3 fully saturated rings. The minimum atomic E-state index is 0.411. The van der Waals surface area contributed by atoms with Crippen LogP contribution in [0.4, 0.5) is 0 Å². The molecule has 2 heteroatoms. The Labute approximate surface area is 69.3 Å². The van der Waals surface area contributed by atoms with Crippen LogP contribution >= 0.6 is 15.9 Å². The van der Waals surface area contributed by atoms with Crippen LogP contribution in [0.2, 0.25) is 0 Å². The molecule has 0 aromatic rings. The molecule has 56 valence electrons. The monoisotopic (exact) mass is 202 g/mol. The molecular weight excluding hydrogens is 192 g/mol. The Morgan fingerprint density at radius 1 is 1.40 bits per heavy atom. The third-order valence-corrected chi connectivity index (χ3v) is 3.95. The Morgan fingerprint density at radius 3 is 2.50 bits per heavy atom. The maximum Gasteiger partial charge on any atom is 0.136 e. The summed E-state index contributed by atoms with van der Waals surface area (Å²) in [5, 5.41) is 0. The van der Waals surface area contributed by atoms with Crippen molar-refractivity contribution in [3.05, 3.63) is 0 Å². The van der Waals surface area contributed by atoms with Crippen molar-refractivity contribution < 1.29 is 4.79 Å². The van der Waals surface area contributed by atoms with E-state index in [-0.39, 0.29) is 0 Å². The number of Topliss-reactive ketones (excluding diaryl/α,β-unsaturated/α-hetero) is 1. The molecule has 0 heterocycles. The van der Waals surface area contributed by atoms with Gasteiger partial charge in [0, 0.05) is 17.2 Å². The zero-order valence-corrected chi connectivity index (χ0v) is 7.43. The molecule has 10 heavy (non-hydrogen) atoms. The maximum atomic E-state index is 11.2. The van der Waals surface area contributed by atoms with Gasteiger partial charge in [-0.05, 0) is 25.2 Å². The first-order chi connectivity index (χ1) is 4.77. The van der Waals surface area contributed by atoms with Gasteiger partial charge in [-0.15, -0.1) is 0 Å². The highest BCUT2D eigenvalue weighted by Crippen LogP contribution is 2.42. The van der Waals surface area contributed by atoms with Crippen LogP contribution in [0.5, 0.6) is 0 Å². The van der Waals surface area contributed by atoms with E-state index in [1.807, 2.05) is 0 Å². The standard InChI is InChI=1S/C8H11BrO/c9-7-3-6-2-1-5(7)4-8(6)10/h5-7H,1-4H2/t5-,6+,7-/m1/s1. The van der Waals surface area contributed by atoms with Crippen LogP contribution in [0.3, 0.4) is 0 Å². The molecule has 0 aromatic carbocycles. The van der Waals surface area contributed by atoms with Gasteiger partial charge in [0.15, 0.2) is 0 Å². The van der Waals surface area contributed by atoms with E-state index < -0.39 is 0 Å². The molecule has 0 aliphatic heterocycles. The van der Waals surface area contributed by atoms with Crippen molar-refractivity contribution in [3.63, 3.8) is 0 Å². The Hall–Kier alpha value is 0.150. The molecule has 0 aromatic heterocycles. The number of carbonyl (C=O) groups excluding carboxylic acids is 1. The van der Waals surface area contributed by atoms with Gasteiger partial charge >= 0.3 is 0 Å². The summed E-state index contributed by atoms with van der Waals surface area (Å²) in [5.74, 6) is 1.60. The number of rotatable bonds is 0. The minimum Gasteiger partial charge on any atom is -0.299 e. The zero-order valence-electron chi connectivity index (χ0n) is 5.85. The Kier molecular flexibility index (Phi) is 1.59. The van der Waals surface area contributed by atoms with Crippen LogP contribution in [-0.4, -0.2) is 10.6 Å². The second kappa shape index (κ2) is 2.33. The molecule has 1 nitrogen and oxygen atoms in total. The highest BCUT2D eigenvalue weighted by Gasteiger charge is 2.39. The van der Waals surface area contributed by atoms with E-state index >= 15 is 0 Å². The second-order valence-electron chi connectivity index (χ2n) is 3.46. The second-order valence-corrected chi connectivity index (χ2v) is 4.63. The first-order valence-corrected chi connectivity index (χ1v) is 4.85. The van der Waals surface area contributed by atoms with Crippen molar-refractivity contribution in [3.8, 4) is 0 Å². The smallest absolute Gasteiger partial charge is 0.136 e. The summed E-state index contributed by atoms with van der Waals surface area (Å²) in [7, 11) is 0. The average molecular weight is 203 g/mol. The van der Waals surface area contributed by atoms with E-state index in [2.05, 4.69) is 15.9 Å². The van der Waals surface area contributed by atoms with Crippen molar-refractivity contribution in [2.45, 2.75) is 30.5 Å². The highest BCUT2D eigenvalue weighted by atomic mass is 79.9. The lowest BCUT2D eigenvalue weighted by Gasteiger charge is -2.38. The van der Waals surface area contributed by atoms with Crippen molar-refractivity contribution in [1.29, 1.82) is 0 Å². The number of alkyl halides is 1.